The fourth-order valence-corrected chi connectivity index (χ4v) is 2.79. The molecule has 0 aromatic heterocycles. The summed E-state index contributed by atoms with van der Waals surface area (Å²) in [5.74, 6) is 1.99. The molecular weight excluding hydrogens is 300 g/mol. The van der Waals surface area contributed by atoms with E-state index in [0.29, 0.717) is 0 Å². The minimum absolute atomic E-state index is 0.0275. The summed E-state index contributed by atoms with van der Waals surface area (Å²) >= 11 is 0. The molecule has 0 unspecified atom stereocenters. The van der Waals surface area contributed by atoms with E-state index < -0.39 is 10.0 Å². The van der Waals surface area contributed by atoms with Crippen LogP contribution in [0, 0.1) is 12.3 Å². The first-order valence-electron chi connectivity index (χ1n) is 6.97. The SMILES string of the molecule is C#CCNC(=O)CCNS(=O)(=O)c1ccc(C(C)(C)C)cc1. The lowest BCUT2D eigenvalue weighted by Crippen LogP contribution is -2.31. The number of sulfonamides is 1. The highest BCUT2D eigenvalue weighted by molar-refractivity contribution is 7.89. The predicted octanol–water partition coefficient (Wildman–Crippen LogP) is 1.40. The fourth-order valence-electron chi connectivity index (χ4n) is 1.75. The van der Waals surface area contributed by atoms with Gasteiger partial charge in [-0.1, -0.05) is 38.8 Å². The predicted molar refractivity (Wildman–Crippen MR) is 86.8 cm³/mol. The van der Waals surface area contributed by atoms with E-state index in [2.05, 4.69) is 36.7 Å². The molecule has 0 spiro atoms. The van der Waals surface area contributed by atoms with Gasteiger partial charge in [0.05, 0.1) is 11.4 Å². The Morgan fingerprint density at radius 3 is 2.32 bits per heavy atom. The lowest BCUT2D eigenvalue weighted by molar-refractivity contribution is -0.120. The van der Waals surface area contributed by atoms with E-state index in [4.69, 9.17) is 6.42 Å². The molecule has 1 amide bonds. The van der Waals surface area contributed by atoms with Crippen molar-refractivity contribution in [2.45, 2.75) is 37.5 Å². The van der Waals surface area contributed by atoms with Crippen LogP contribution in [0.3, 0.4) is 0 Å². The number of hydrogen-bond donors (Lipinski definition) is 2. The molecule has 0 aliphatic heterocycles. The highest BCUT2D eigenvalue weighted by atomic mass is 32.2. The molecule has 0 aliphatic carbocycles. The van der Waals surface area contributed by atoms with Gasteiger partial charge in [-0.25, -0.2) is 13.1 Å². The number of rotatable bonds is 6. The van der Waals surface area contributed by atoms with Crippen LogP contribution in [0.5, 0.6) is 0 Å². The van der Waals surface area contributed by atoms with Gasteiger partial charge in [-0.05, 0) is 23.1 Å². The van der Waals surface area contributed by atoms with Crippen LogP contribution in [0.1, 0.15) is 32.8 Å². The van der Waals surface area contributed by atoms with Gasteiger partial charge in [-0.3, -0.25) is 4.79 Å². The zero-order valence-electron chi connectivity index (χ0n) is 13.1. The van der Waals surface area contributed by atoms with Crippen molar-refractivity contribution in [1.29, 1.82) is 0 Å². The molecule has 120 valence electrons. The van der Waals surface area contributed by atoms with Crippen LogP contribution in [0.2, 0.25) is 0 Å². The second-order valence-electron chi connectivity index (χ2n) is 5.90. The van der Waals surface area contributed by atoms with Crippen LogP contribution in [-0.4, -0.2) is 27.4 Å². The summed E-state index contributed by atoms with van der Waals surface area (Å²) in [6.45, 7) is 6.34. The number of hydrogen-bond acceptors (Lipinski definition) is 3. The van der Waals surface area contributed by atoms with Gasteiger partial charge in [0.15, 0.2) is 0 Å². The second kappa shape index (κ2) is 7.43. The number of carbonyl (C=O) groups is 1. The number of nitrogens with one attached hydrogen (secondary N) is 2. The normalized spacial score (nSPS) is 11.7. The molecule has 0 saturated heterocycles. The van der Waals surface area contributed by atoms with E-state index in [9.17, 15) is 13.2 Å². The molecule has 0 saturated carbocycles. The Bertz CT molecular complexity index is 650. The number of carbonyl (C=O) groups excluding carboxylic acids is 1. The molecule has 0 bridgehead atoms. The third-order valence-electron chi connectivity index (χ3n) is 3.06. The summed E-state index contributed by atoms with van der Waals surface area (Å²) in [7, 11) is -3.61. The van der Waals surface area contributed by atoms with E-state index in [0.717, 1.165) is 5.56 Å². The van der Waals surface area contributed by atoms with Gasteiger partial charge in [0.1, 0.15) is 0 Å². The second-order valence-corrected chi connectivity index (χ2v) is 7.67. The van der Waals surface area contributed by atoms with Gasteiger partial charge in [0.2, 0.25) is 15.9 Å². The zero-order chi connectivity index (χ0) is 16.8. The van der Waals surface area contributed by atoms with E-state index >= 15 is 0 Å². The van der Waals surface area contributed by atoms with Crippen molar-refractivity contribution in [2.75, 3.05) is 13.1 Å². The monoisotopic (exact) mass is 322 g/mol. The Morgan fingerprint density at radius 2 is 1.82 bits per heavy atom. The van der Waals surface area contributed by atoms with E-state index in [1.165, 1.54) is 0 Å². The number of benzene rings is 1. The molecule has 1 aromatic carbocycles. The first-order valence-corrected chi connectivity index (χ1v) is 8.45. The molecule has 0 radical (unpaired) electrons. The summed E-state index contributed by atoms with van der Waals surface area (Å²) in [5, 5.41) is 2.47. The smallest absolute Gasteiger partial charge is 0.240 e. The van der Waals surface area contributed by atoms with Crippen molar-refractivity contribution in [2.24, 2.45) is 0 Å². The Morgan fingerprint density at radius 1 is 1.23 bits per heavy atom. The third-order valence-corrected chi connectivity index (χ3v) is 4.54. The molecule has 1 rings (SSSR count). The number of amides is 1. The van der Waals surface area contributed by atoms with Crippen LogP contribution in [0.25, 0.3) is 0 Å². The van der Waals surface area contributed by atoms with Crippen LogP contribution < -0.4 is 10.0 Å². The van der Waals surface area contributed by atoms with Crippen molar-refractivity contribution < 1.29 is 13.2 Å². The first kappa shape index (κ1) is 18.2. The van der Waals surface area contributed by atoms with Gasteiger partial charge in [-0.15, -0.1) is 6.42 Å². The Kier molecular flexibility index (Phi) is 6.15. The zero-order valence-corrected chi connectivity index (χ0v) is 14.0. The fraction of sp³-hybridized carbons (Fsp3) is 0.438. The topological polar surface area (TPSA) is 75.3 Å². The molecule has 0 heterocycles. The van der Waals surface area contributed by atoms with Crippen molar-refractivity contribution in [3.63, 3.8) is 0 Å². The van der Waals surface area contributed by atoms with E-state index in [1.54, 1.807) is 24.3 Å². The minimum Gasteiger partial charge on any atom is -0.345 e. The van der Waals surface area contributed by atoms with Crippen molar-refractivity contribution >= 4 is 15.9 Å². The standard InChI is InChI=1S/C16H22N2O3S/c1-5-11-17-15(19)10-12-18-22(20,21)14-8-6-13(7-9-14)16(2,3)4/h1,6-9,18H,10-12H2,2-4H3,(H,17,19). The third kappa shape index (κ3) is 5.51. The molecular formula is C16H22N2O3S. The molecule has 0 atom stereocenters. The maximum absolute atomic E-state index is 12.1. The number of terminal acetylenes is 1. The first-order chi connectivity index (χ1) is 10.2. The van der Waals surface area contributed by atoms with E-state index in [1.807, 2.05) is 0 Å². The van der Waals surface area contributed by atoms with Gasteiger partial charge in [0.25, 0.3) is 0 Å². The average molecular weight is 322 g/mol. The highest BCUT2D eigenvalue weighted by Crippen LogP contribution is 2.23. The summed E-state index contributed by atoms with van der Waals surface area (Å²) in [6, 6.07) is 6.74. The van der Waals surface area contributed by atoms with Crippen molar-refractivity contribution in [3.05, 3.63) is 29.8 Å². The quantitative estimate of drug-likeness (QED) is 0.778. The van der Waals surface area contributed by atoms with E-state index in [-0.39, 0.29) is 35.7 Å². The Balaban J connectivity index is 2.64. The average Bonchev–Trinajstić information content (AvgIpc) is 2.44. The van der Waals surface area contributed by atoms with Crippen LogP contribution in [0.15, 0.2) is 29.2 Å². The molecule has 5 nitrogen and oxygen atoms in total. The maximum Gasteiger partial charge on any atom is 0.240 e. The Labute approximate surface area is 132 Å². The van der Waals surface area contributed by atoms with Gasteiger partial charge in [-0.2, -0.15) is 0 Å². The maximum atomic E-state index is 12.1. The van der Waals surface area contributed by atoms with Crippen molar-refractivity contribution in [3.8, 4) is 12.3 Å². The molecule has 1 aromatic rings. The minimum atomic E-state index is -3.61. The van der Waals surface area contributed by atoms with Crippen LogP contribution >= 0.6 is 0 Å². The molecule has 0 fully saturated rings. The largest absolute Gasteiger partial charge is 0.345 e. The van der Waals surface area contributed by atoms with Gasteiger partial charge >= 0.3 is 0 Å². The van der Waals surface area contributed by atoms with Gasteiger partial charge in [0, 0.05) is 13.0 Å². The Hall–Kier alpha value is -1.84. The van der Waals surface area contributed by atoms with Crippen LogP contribution in [0.4, 0.5) is 0 Å². The van der Waals surface area contributed by atoms with Crippen molar-refractivity contribution in [1.82, 2.24) is 10.0 Å². The molecule has 6 heteroatoms. The summed E-state index contributed by atoms with van der Waals surface area (Å²) < 4.78 is 26.6. The molecule has 2 N–H and O–H groups in total. The molecule has 22 heavy (non-hydrogen) atoms. The van der Waals surface area contributed by atoms with Crippen LogP contribution in [-0.2, 0) is 20.2 Å². The molecule has 0 aliphatic rings. The highest BCUT2D eigenvalue weighted by Gasteiger charge is 2.17. The van der Waals surface area contributed by atoms with Gasteiger partial charge < -0.3 is 5.32 Å². The lowest BCUT2D eigenvalue weighted by Gasteiger charge is -2.19. The summed E-state index contributed by atoms with van der Waals surface area (Å²) in [6.07, 6.45) is 5.06. The summed E-state index contributed by atoms with van der Waals surface area (Å²) in [5.41, 5.74) is 1.02. The summed E-state index contributed by atoms with van der Waals surface area (Å²) in [4.78, 5) is 11.5. The lowest BCUT2D eigenvalue weighted by atomic mass is 9.87.